The normalized spacial score (nSPS) is 21.1. The summed E-state index contributed by atoms with van der Waals surface area (Å²) in [6, 6.07) is 6.41. The number of hydrogen-bond acceptors (Lipinski definition) is 4. The van der Waals surface area contributed by atoms with Gasteiger partial charge in [0.05, 0.1) is 4.90 Å². The van der Waals surface area contributed by atoms with E-state index in [0.29, 0.717) is 5.75 Å². The van der Waals surface area contributed by atoms with Gasteiger partial charge < -0.3 is 5.11 Å². The Morgan fingerprint density at radius 1 is 1.39 bits per heavy atom. The summed E-state index contributed by atoms with van der Waals surface area (Å²) in [6.07, 6.45) is 0. The first-order valence-electron chi connectivity index (χ1n) is 5.36. The summed E-state index contributed by atoms with van der Waals surface area (Å²) in [7, 11) is -3.72. The van der Waals surface area contributed by atoms with Crippen molar-refractivity contribution < 1.29 is 18.3 Å². The zero-order chi connectivity index (χ0) is 13.3. The molecule has 0 amide bonds. The molecule has 0 unspecified atom stereocenters. The molecule has 0 aromatic heterocycles. The van der Waals surface area contributed by atoms with Crippen LogP contribution in [0.3, 0.4) is 0 Å². The highest BCUT2D eigenvalue weighted by Gasteiger charge is 2.40. The van der Waals surface area contributed by atoms with Crippen molar-refractivity contribution in [1.82, 2.24) is 4.31 Å². The standard InChI is InChI=1S/C11H13NO4S2/c1-8-2-4-9(5-3-8)18(15,16)12-6-7-17-10(12)11(13)14/h2-5,10H,6-7H2,1H3,(H,13,14)/t10-/m1/s1. The molecule has 1 atom stereocenters. The van der Waals surface area contributed by atoms with Crippen molar-refractivity contribution in [2.45, 2.75) is 17.2 Å². The first-order chi connectivity index (χ1) is 8.43. The molecule has 0 bridgehead atoms. The summed E-state index contributed by atoms with van der Waals surface area (Å²) < 4.78 is 25.7. The number of carboxylic acids is 1. The first-order valence-corrected chi connectivity index (χ1v) is 7.85. The van der Waals surface area contributed by atoms with Crippen molar-refractivity contribution in [3.8, 4) is 0 Å². The van der Waals surface area contributed by atoms with Gasteiger partial charge in [0.15, 0.2) is 5.37 Å². The summed E-state index contributed by atoms with van der Waals surface area (Å²) >= 11 is 1.13. The third-order valence-electron chi connectivity index (χ3n) is 2.69. The topological polar surface area (TPSA) is 74.7 Å². The number of aryl methyl sites for hydroxylation is 1. The molecule has 18 heavy (non-hydrogen) atoms. The number of rotatable bonds is 3. The van der Waals surface area contributed by atoms with Gasteiger partial charge >= 0.3 is 5.97 Å². The van der Waals surface area contributed by atoms with E-state index in [9.17, 15) is 13.2 Å². The van der Waals surface area contributed by atoms with E-state index in [2.05, 4.69) is 0 Å². The Balaban J connectivity index is 2.36. The molecule has 1 fully saturated rings. The number of nitrogens with zero attached hydrogens (tertiary/aromatic N) is 1. The maximum atomic E-state index is 12.3. The van der Waals surface area contributed by atoms with Gasteiger partial charge in [0.2, 0.25) is 10.0 Å². The molecule has 1 aromatic carbocycles. The van der Waals surface area contributed by atoms with E-state index in [1.165, 1.54) is 12.1 Å². The molecule has 98 valence electrons. The smallest absolute Gasteiger partial charge is 0.332 e. The Morgan fingerprint density at radius 3 is 2.56 bits per heavy atom. The van der Waals surface area contributed by atoms with Crippen LogP contribution in [0.4, 0.5) is 0 Å². The second-order valence-electron chi connectivity index (χ2n) is 3.99. The molecule has 5 nitrogen and oxygen atoms in total. The summed E-state index contributed by atoms with van der Waals surface area (Å²) in [5, 5.41) is 7.99. The Morgan fingerprint density at radius 2 is 2.00 bits per heavy atom. The second kappa shape index (κ2) is 4.91. The van der Waals surface area contributed by atoms with Crippen molar-refractivity contribution in [1.29, 1.82) is 0 Å². The molecule has 0 spiro atoms. The van der Waals surface area contributed by atoms with E-state index in [-0.39, 0.29) is 11.4 Å². The molecular formula is C11H13NO4S2. The number of sulfonamides is 1. The fraction of sp³-hybridized carbons (Fsp3) is 0.364. The van der Waals surface area contributed by atoms with Gasteiger partial charge in [0.25, 0.3) is 0 Å². The van der Waals surface area contributed by atoms with Crippen LogP contribution in [0.1, 0.15) is 5.56 Å². The van der Waals surface area contributed by atoms with E-state index in [1.807, 2.05) is 6.92 Å². The molecule has 7 heteroatoms. The van der Waals surface area contributed by atoms with Gasteiger partial charge in [-0.25, -0.2) is 13.2 Å². The predicted molar refractivity (Wildman–Crippen MR) is 69.0 cm³/mol. The maximum absolute atomic E-state index is 12.3. The van der Waals surface area contributed by atoms with Crippen LogP contribution >= 0.6 is 11.8 Å². The van der Waals surface area contributed by atoms with Gasteiger partial charge in [-0.1, -0.05) is 17.7 Å². The van der Waals surface area contributed by atoms with Crippen LogP contribution in [0.5, 0.6) is 0 Å². The zero-order valence-electron chi connectivity index (χ0n) is 9.74. The SMILES string of the molecule is Cc1ccc(S(=O)(=O)N2CCS[C@@H]2C(=O)O)cc1. The van der Waals surface area contributed by atoms with Crippen LogP contribution in [-0.4, -0.2) is 41.5 Å². The van der Waals surface area contributed by atoms with E-state index in [0.717, 1.165) is 21.6 Å². The average Bonchev–Trinajstić information content (AvgIpc) is 2.79. The molecule has 1 N–H and O–H groups in total. The Labute approximate surface area is 110 Å². The Bertz CT molecular complexity index is 553. The third kappa shape index (κ3) is 2.38. The molecular weight excluding hydrogens is 274 g/mol. The van der Waals surface area contributed by atoms with Crippen molar-refractivity contribution in [3.63, 3.8) is 0 Å². The number of aliphatic carboxylic acids is 1. The number of thioether (sulfide) groups is 1. The van der Waals surface area contributed by atoms with Crippen molar-refractivity contribution in [2.75, 3.05) is 12.3 Å². The van der Waals surface area contributed by atoms with Crippen LogP contribution in [-0.2, 0) is 14.8 Å². The lowest BCUT2D eigenvalue weighted by atomic mass is 10.2. The summed E-state index contributed by atoms with van der Waals surface area (Å²) in [5.74, 6) is -0.615. The number of carboxylic acid groups (broad SMARTS) is 1. The van der Waals surface area contributed by atoms with Gasteiger partial charge in [-0.3, -0.25) is 0 Å². The number of benzene rings is 1. The van der Waals surface area contributed by atoms with Crippen molar-refractivity contribution in [3.05, 3.63) is 29.8 Å². The third-order valence-corrected chi connectivity index (χ3v) is 5.89. The van der Waals surface area contributed by atoms with Crippen LogP contribution in [0.25, 0.3) is 0 Å². The minimum absolute atomic E-state index is 0.141. The Hall–Kier alpha value is -1.05. The summed E-state index contributed by atoms with van der Waals surface area (Å²) in [6.45, 7) is 2.10. The van der Waals surface area contributed by atoms with Gasteiger partial charge in [-0.15, -0.1) is 11.8 Å². The van der Waals surface area contributed by atoms with Gasteiger partial charge in [-0.2, -0.15) is 4.31 Å². The Kier molecular flexibility index (Phi) is 3.65. The number of hydrogen-bond donors (Lipinski definition) is 1. The van der Waals surface area contributed by atoms with Crippen LogP contribution in [0, 0.1) is 6.92 Å². The van der Waals surface area contributed by atoms with E-state index in [1.54, 1.807) is 12.1 Å². The monoisotopic (exact) mass is 287 g/mol. The highest BCUT2D eigenvalue weighted by atomic mass is 32.2. The summed E-state index contributed by atoms with van der Waals surface area (Å²) in [4.78, 5) is 11.2. The van der Waals surface area contributed by atoms with E-state index >= 15 is 0 Å². The molecule has 2 rings (SSSR count). The molecule has 1 aliphatic heterocycles. The van der Waals surface area contributed by atoms with Gasteiger partial charge in [0.1, 0.15) is 0 Å². The lowest BCUT2D eigenvalue weighted by Gasteiger charge is -2.20. The molecule has 1 aromatic rings. The van der Waals surface area contributed by atoms with Gasteiger partial charge in [-0.05, 0) is 19.1 Å². The second-order valence-corrected chi connectivity index (χ2v) is 7.07. The molecule has 0 saturated carbocycles. The minimum Gasteiger partial charge on any atom is -0.479 e. The quantitative estimate of drug-likeness (QED) is 0.902. The van der Waals surface area contributed by atoms with Crippen LogP contribution < -0.4 is 0 Å². The lowest BCUT2D eigenvalue weighted by Crippen LogP contribution is -2.39. The predicted octanol–water partition coefficient (Wildman–Crippen LogP) is 1.14. The zero-order valence-corrected chi connectivity index (χ0v) is 11.4. The molecule has 0 radical (unpaired) electrons. The molecule has 1 saturated heterocycles. The highest BCUT2D eigenvalue weighted by Crippen LogP contribution is 2.30. The van der Waals surface area contributed by atoms with Gasteiger partial charge in [0, 0.05) is 12.3 Å². The van der Waals surface area contributed by atoms with Crippen LogP contribution in [0.15, 0.2) is 29.2 Å². The van der Waals surface area contributed by atoms with E-state index in [4.69, 9.17) is 5.11 Å². The van der Waals surface area contributed by atoms with Crippen molar-refractivity contribution in [2.24, 2.45) is 0 Å². The van der Waals surface area contributed by atoms with Crippen molar-refractivity contribution >= 4 is 27.8 Å². The lowest BCUT2D eigenvalue weighted by molar-refractivity contribution is -0.138. The fourth-order valence-corrected chi connectivity index (χ4v) is 4.74. The van der Waals surface area contributed by atoms with E-state index < -0.39 is 21.4 Å². The largest absolute Gasteiger partial charge is 0.479 e. The molecule has 1 aliphatic rings. The summed E-state index contributed by atoms with van der Waals surface area (Å²) in [5.41, 5.74) is 0.958. The highest BCUT2D eigenvalue weighted by molar-refractivity contribution is 8.02. The maximum Gasteiger partial charge on any atom is 0.332 e. The number of carbonyl (C=O) groups is 1. The first kappa shape index (κ1) is 13.4. The van der Waals surface area contributed by atoms with Crippen LogP contribution in [0.2, 0.25) is 0 Å². The average molecular weight is 287 g/mol. The molecule has 0 aliphatic carbocycles. The fourth-order valence-electron chi connectivity index (χ4n) is 1.74. The minimum atomic E-state index is -3.72. The molecule has 1 heterocycles.